The summed E-state index contributed by atoms with van der Waals surface area (Å²) in [6.07, 6.45) is 0. The summed E-state index contributed by atoms with van der Waals surface area (Å²) < 4.78 is 0. The number of nitrogens with two attached hydrogens (primary N) is 1. The minimum absolute atomic E-state index is 0.0841. The maximum Gasteiger partial charge on any atom is 0.319 e. The van der Waals surface area contributed by atoms with Crippen LogP contribution in [0.15, 0.2) is 24.3 Å². The SMILES string of the molecule is CC(CN)NC(=O)Nc1cccc(C#N)c1. The first-order chi connectivity index (χ1) is 7.65. The smallest absolute Gasteiger partial charge is 0.319 e. The molecule has 0 aliphatic heterocycles. The fraction of sp³-hybridized carbons (Fsp3) is 0.273. The van der Waals surface area contributed by atoms with Gasteiger partial charge in [-0.1, -0.05) is 6.07 Å². The van der Waals surface area contributed by atoms with E-state index in [0.717, 1.165) is 0 Å². The second-order valence-corrected chi connectivity index (χ2v) is 3.43. The Hall–Kier alpha value is -2.06. The number of urea groups is 1. The second-order valence-electron chi connectivity index (χ2n) is 3.43. The van der Waals surface area contributed by atoms with Crippen LogP contribution >= 0.6 is 0 Å². The van der Waals surface area contributed by atoms with Crippen LogP contribution in [0.1, 0.15) is 12.5 Å². The Balaban J connectivity index is 2.60. The summed E-state index contributed by atoms with van der Waals surface area (Å²) in [6, 6.07) is 8.29. The molecule has 0 aliphatic rings. The van der Waals surface area contributed by atoms with Gasteiger partial charge >= 0.3 is 6.03 Å². The summed E-state index contributed by atoms with van der Waals surface area (Å²) in [5, 5.41) is 14.0. The average molecular weight is 218 g/mol. The maximum atomic E-state index is 11.4. The number of carbonyl (C=O) groups excluding carboxylic acids is 1. The number of rotatable bonds is 3. The number of carbonyl (C=O) groups is 1. The van der Waals surface area contributed by atoms with Gasteiger partial charge in [0.05, 0.1) is 11.6 Å². The zero-order valence-corrected chi connectivity index (χ0v) is 9.03. The standard InChI is InChI=1S/C11H14N4O/c1-8(6-12)14-11(16)15-10-4-2-3-9(5-10)7-13/h2-5,8H,6,12H2,1H3,(H2,14,15,16). The molecule has 1 rings (SSSR count). The molecule has 1 atom stereocenters. The van der Waals surface area contributed by atoms with Crippen LogP contribution in [0, 0.1) is 11.3 Å². The van der Waals surface area contributed by atoms with Gasteiger partial charge in [0.2, 0.25) is 0 Å². The molecule has 0 aromatic heterocycles. The number of nitrogens with zero attached hydrogens (tertiary/aromatic N) is 1. The topological polar surface area (TPSA) is 90.9 Å². The van der Waals surface area contributed by atoms with E-state index < -0.39 is 0 Å². The molecule has 1 aromatic rings. The van der Waals surface area contributed by atoms with Crippen LogP contribution in [0.3, 0.4) is 0 Å². The minimum atomic E-state index is -0.326. The lowest BCUT2D eigenvalue weighted by Gasteiger charge is -2.12. The van der Waals surface area contributed by atoms with Crippen LogP contribution in [0.4, 0.5) is 10.5 Å². The molecule has 1 unspecified atom stereocenters. The molecule has 4 N–H and O–H groups in total. The Morgan fingerprint density at radius 3 is 3.00 bits per heavy atom. The van der Waals surface area contributed by atoms with Gasteiger partial charge in [-0.2, -0.15) is 5.26 Å². The first kappa shape index (κ1) is 12.0. The molecule has 0 bridgehead atoms. The number of amides is 2. The second kappa shape index (κ2) is 5.73. The molecule has 0 aliphatic carbocycles. The largest absolute Gasteiger partial charge is 0.334 e. The lowest BCUT2D eigenvalue weighted by Crippen LogP contribution is -2.40. The lowest BCUT2D eigenvalue weighted by atomic mass is 10.2. The Bertz CT molecular complexity index is 411. The molecule has 1 aromatic carbocycles. The van der Waals surface area contributed by atoms with Gasteiger partial charge in [0.15, 0.2) is 0 Å². The summed E-state index contributed by atoms with van der Waals surface area (Å²) in [6.45, 7) is 2.19. The van der Waals surface area contributed by atoms with Gasteiger partial charge < -0.3 is 16.4 Å². The molecule has 16 heavy (non-hydrogen) atoms. The van der Waals surface area contributed by atoms with E-state index in [1.807, 2.05) is 13.0 Å². The van der Waals surface area contributed by atoms with E-state index in [4.69, 9.17) is 11.0 Å². The number of nitrogens with one attached hydrogen (secondary N) is 2. The summed E-state index contributed by atoms with van der Waals surface area (Å²) >= 11 is 0. The fourth-order valence-corrected chi connectivity index (χ4v) is 1.12. The highest BCUT2D eigenvalue weighted by Gasteiger charge is 2.05. The zero-order chi connectivity index (χ0) is 12.0. The molecule has 0 radical (unpaired) electrons. The van der Waals surface area contributed by atoms with Gasteiger partial charge in [-0.3, -0.25) is 0 Å². The Kier molecular flexibility index (Phi) is 4.30. The van der Waals surface area contributed by atoms with Gasteiger partial charge in [0.1, 0.15) is 0 Å². The van der Waals surface area contributed by atoms with Crippen LogP contribution in [-0.4, -0.2) is 18.6 Å². The molecule has 2 amide bonds. The van der Waals surface area contributed by atoms with Gasteiger partial charge in [0.25, 0.3) is 0 Å². The maximum absolute atomic E-state index is 11.4. The number of hydrogen-bond acceptors (Lipinski definition) is 3. The van der Waals surface area contributed by atoms with Gasteiger partial charge in [-0.05, 0) is 25.1 Å². The van der Waals surface area contributed by atoms with Crippen LogP contribution in [-0.2, 0) is 0 Å². The van der Waals surface area contributed by atoms with E-state index >= 15 is 0 Å². The first-order valence-corrected chi connectivity index (χ1v) is 4.93. The molecular weight excluding hydrogens is 204 g/mol. The highest BCUT2D eigenvalue weighted by Crippen LogP contribution is 2.09. The Labute approximate surface area is 94.2 Å². The summed E-state index contributed by atoms with van der Waals surface area (Å²) in [5.41, 5.74) is 6.46. The van der Waals surface area contributed by atoms with E-state index in [0.29, 0.717) is 17.8 Å². The van der Waals surface area contributed by atoms with Crippen molar-refractivity contribution in [1.82, 2.24) is 5.32 Å². The van der Waals surface area contributed by atoms with E-state index in [2.05, 4.69) is 10.6 Å². The third kappa shape index (κ3) is 3.59. The molecular formula is C11H14N4O. The predicted molar refractivity (Wildman–Crippen MR) is 61.8 cm³/mol. The van der Waals surface area contributed by atoms with Crippen molar-refractivity contribution < 1.29 is 4.79 Å². The minimum Gasteiger partial charge on any atom is -0.334 e. The highest BCUT2D eigenvalue weighted by molar-refractivity contribution is 5.89. The Morgan fingerprint density at radius 1 is 1.62 bits per heavy atom. The summed E-state index contributed by atoms with van der Waals surface area (Å²) in [4.78, 5) is 11.4. The van der Waals surface area contributed by atoms with Crippen molar-refractivity contribution >= 4 is 11.7 Å². The quantitative estimate of drug-likeness (QED) is 0.707. The van der Waals surface area contributed by atoms with Crippen molar-refractivity contribution in [1.29, 1.82) is 5.26 Å². The van der Waals surface area contributed by atoms with Crippen LogP contribution in [0.25, 0.3) is 0 Å². The van der Waals surface area contributed by atoms with E-state index in [1.54, 1.807) is 24.3 Å². The normalized spacial score (nSPS) is 11.3. The van der Waals surface area contributed by atoms with E-state index in [-0.39, 0.29) is 12.1 Å². The monoisotopic (exact) mass is 218 g/mol. The molecule has 84 valence electrons. The molecule has 0 spiro atoms. The molecule has 0 heterocycles. The number of nitriles is 1. The summed E-state index contributed by atoms with van der Waals surface area (Å²) in [5.74, 6) is 0. The molecule has 5 nitrogen and oxygen atoms in total. The van der Waals surface area contributed by atoms with E-state index in [1.165, 1.54) is 0 Å². The highest BCUT2D eigenvalue weighted by atomic mass is 16.2. The number of anilines is 1. The third-order valence-corrected chi connectivity index (χ3v) is 1.98. The first-order valence-electron chi connectivity index (χ1n) is 4.93. The van der Waals surface area contributed by atoms with Crippen molar-refractivity contribution in [3.63, 3.8) is 0 Å². The zero-order valence-electron chi connectivity index (χ0n) is 9.03. The van der Waals surface area contributed by atoms with Crippen molar-refractivity contribution in [2.24, 2.45) is 5.73 Å². The molecule has 5 heteroatoms. The third-order valence-electron chi connectivity index (χ3n) is 1.98. The number of hydrogen-bond donors (Lipinski definition) is 3. The molecule has 0 fully saturated rings. The predicted octanol–water partition coefficient (Wildman–Crippen LogP) is 1.03. The van der Waals surface area contributed by atoms with Crippen molar-refractivity contribution in [3.8, 4) is 6.07 Å². The van der Waals surface area contributed by atoms with E-state index in [9.17, 15) is 4.79 Å². The lowest BCUT2D eigenvalue weighted by molar-refractivity contribution is 0.249. The van der Waals surface area contributed by atoms with Gasteiger partial charge in [0, 0.05) is 18.3 Å². The average Bonchev–Trinajstić information content (AvgIpc) is 2.28. The van der Waals surface area contributed by atoms with Crippen molar-refractivity contribution in [2.75, 3.05) is 11.9 Å². The van der Waals surface area contributed by atoms with Crippen molar-refractivity contribution in [3.05, 3.63) is 29.8 Å². The summed E-state index contributed by atoms with van der Waals surface area (Å²) in [7, 11) is 0. The number of benzene rings is 1. The van der Waals surface area contributed by atoms with Crippen LogP contribution in [0.2, 0.25) is 0 Å². The van der Waals surface area contributed by atoms with Crippen LogP contribution < -0.4 is 16.4 Å². The molecule has 0 saturated heterocycles. The Morgan fingerprint density at radius 2 is 2.38 bits per heavy atom. The van der Waals surface area contributed by atoms with Gasteiger partial charge in [-0.25, -0.2) is 4.79 Å². The van der Waals surface area contributed by atoms with Crippen LogP contribution in [0.5, 0.6) is 0 Å². The van der Waals surface area contributed by atoms with Crippen molar-refractivity contribution in [2.45, 2.75) is 13.0 Å². The van der Waals surface area contributed by atoms with Gasteiger partial charge in [-0.15, -0.1) is 0 Å². The fourth-order valence-electron chi connectivity index (χ4n) is 1.12. The molecule has 0 saturated carbocycles.